The van der Waals surface area contributed by atoms with Crippen LogP contribution in [0.2, 0.25) is 0 Å². The molecule has 0 aliphatic heterocycles. The molecule has 0 saturated heterocycles. The van der Waals surface area contributed by atoms with E-state index in [1.54, 1.807) is 6.07 Å². The Morgan fingerprint density at radius 2 is 2.24 bits per heavy atom. The van der Waals surface area contributed by atoms with Gasteiger partial charge in [-0.15, -0.1) is 0 Å². The minimum Gasteiger partial charge on any atom is -0.504 e. The maximum atomic E-state index is 9.65. The molecule has 5 heteroatoms. The highest BCUT2D eigenvalue weighted by molar-refractivity contribution is 5.55. The third-order valence-electron chi connectivity index (χ3n) is 4.71. The number of pyridine rings is 1. The van der Waals surface area contributed by atoms with Gasteiger partial charge in [0.15, 0.2) is 11.5 Å². The Balaban J connectivity index is 1.71. The van der Waals surface area contributed by atoms with E-state index in [-0.39, 0.29) is 5.75 Å². The van der Waals surface area contributed by atoms with Crippen LogP contribution >= 0.6 is 0 Å². The molecule has 1 atom stereocenters. The lowest BCUT2D eigenvalue weighted by molar-refractivity contribution is 0.373. The summed E-state index contributed by atoms with van der Waals surface area (Å²) in [7, 11) is 1.54. The molecule has 1 aromatic carbocycles. The van der Waals surface area contributed by atoms with Crippen molar-refractivity contribution in [3.63, 3.8) is 0 Å². The van der Waals surface area contributed by atoms with Gasteiger partial charge in [0.25, 0.3) is 0 Å². The van der Waals surface area contributed by atoms with Crippen LogP contribution in [0.5, 0.6) is 11.5 Å². The molecule has 130 valence electrons. The van der Waals surface area contributed by atoms with Crippen molar-refractivity contribution in [3.05, 3.63) is 46.6 Å². The number of aromatic nitrogens is 1. The van der Waals surface area contributed by atoms with Crippen molar-refractivity contribution in [1.29, 1.82) is 5.26 Å². The highest BCUT2D eigenvalue weighted by Crippen LogP contribution is 2.28. The van der Waals surface area contributed by atoms with E-state index >= 15 is 0 Å². The van der Waals surface area contributed by atoms with E-state index in [1.165, 1.54) is 12.7 Å². The van der Waals surface area contributed by atoms with E-state index < -0.39 is 0 Å². The second-order valence-electron chi connectivity index (χ2n) is 6.63. The molecule has 0 spiro atoms. The van der Waals surface area contributed by atoms with Gasteiger partial charge in [0, 0.05) is 12.2 Å². The topological polar surface area (TPSA) is 78.2 Å². The lowest BCUT2D eigenvalue weighted by atomic mass is 9.87. The van der Waals surface area contributed by atoms with Crippen molar-refractivity contribution >= 4 is 5.82 Å². The van der Waals surface area contributed by atoms with E-state index in [9.17, 15) is 10.4 Å². The smallest absolute Gasteiger partial charge is 0.160 e. The van der Waals surface area contributed by atoms with Crippen LogP contribution in [-0.4, -0.2) is 23.7 Å². The number of rotatable bonds is 5. The first-order chi connectivity index (χ1) is 12.1. The minimum absolute atomic E-state index is 0.136. The molecule has 0 amide bonds. The molecule has 0 saturated carbocycles. The molecule has 5 nitrogen and oxygen atoms in total. The monoisotopic (exact) mass is 337 g/mol. The van der Waals surface area contributed by atoms with E-state index in [0.717, 1.165) is 36.9 Å². The first-order valence-corrected chi connectivity index (χ1v) is 8.63. The largest absolute Gasteiger partial charge is 0.504 e. The van der Waals surface area contributed by atoms with Gasteiger partial charge in [0.1, 0.15) is 11.9 Å². The number of anilines is 1. The number of nitrogens with zero attached hydrogens (tertiary/aromatic N) is 2. The minimum atomic E-state index is 0.136. The predicted octanol–water partition coefficient (Wildman–Crippen LogP) is 3.45. The van der Waals surface area contributed by atoms with Crippen molar-refractivity contribution in [2.45, 2.75) is 32.6 Å². The molecule has 0 bridgehead atoms. The summed E-state index contributed by atoms with van der Waals surface area (Å²) in [6.45, 7) is 2.90. The average molecular weight is 337 g/mol. The molecule has 0 fully saturated rings. The second kappa shape index (κ2) is 7.43. The lowest BCUT2D eigenvalue weighted by Gasteiger charge is -2.22. The summed E-state index contributed by atoms with van der Waals surface area (Å²) >= 11 is 0. The summed E-state index contributed by atoms with van der Waals surface area (Å²) in [5.41, 5.74) is 3.99. The van der Waals surface area contributed by atoms with Gasteiger partial charge >= 0.3 is 0 Å². The number of nitriles is 1. The molecule has 1 aliphatic rings. The van der Waals surface area contributed by atoms with Crippen LogP contribution in [0, 0.1) is 17.2 Å². The predicted molar refractivity (Wildman–Crippen MR) is 97.0 cm³/mol. The van der Waals surface area contributed by atoms with Crippen molar-refractivity contribution in [3.8, 4) is 17.6 Å². The van der Waals surface area contributed by atoms with Gasteiger partial charge in [-0.3, -0.25) is 0 Å². The summed E-state index contributed by atoms with van der Waals surface area (Å²) in [5, 5.41) is 22.4. The molecule has 0 radical (unpaired) electrons. The van der Waals surface area contributed by atoms with Gasteiger partial charge in [-0.2, -0.15) is 5.26 Å². The molecule has 25 heavy (non-hydrogen) atoms. The summed E-state index contributed by atoms with van der Waals surface area (Å²) in [4.78, 5) is 4.72. The van der Waals surface area contributed by atoms with E-state index in [4.69, 9.17) is 9.72 Å². The fourth-order valence-electron chi connectivity index (χ4n) is 3.24. The second-order valence-corrected chi connectivity index (χ2v) is 6.63. The van der Waals surface area contributed by atoms with Crippen LogP contribution in [0.3, 0.4) is 0 Å². The number of hydrogen-bond acceptors (Lipinski definition) is 5. The van der Waals surface area contributed by atoms with Crippen LogP contribution in [-0.2, 0) is 19.3 Å². The molecule has 1 unspecified atom stereocenters. The normalized spacial score (nSPS) is 16.0. The first-order valence-electron chi connectivity index (χ1n) is 8.63. The number of aromatic hydroxyl groups is 1. The highest BCUT2D eigenvalue weighted by Gasteiger charge is 2.19. The fourth-order valence-corrected chi connectivity index (χ4v) is 3.24. The van der Waals surface area contributed by atoms with Crippen LogP contribution in [0.4, 0.5) is 5.82 Å². The van der Waals surface area contributed by atoms with Crippen molar-refractivity contribution in [2.75, 3.05) is 19.0 Å². The average Bonchev–Trinajstić information content (AvgIpc) is 2.62. The summed E-state index contributed by atoms with van der Waals surface area (Å²) < 4.78 is 5.13. The Kier molecular flexibility index (Phi) is 5.08. The zero-order valence-electron chi connectivity index (χ0n) is 14.7. The first kappa shape index (κ1) is 17.1. The number of fused-ring (bicyclic) bond motifs is 1. The number of benzene rings is 1. The van der Waals surface area contributed by atoms with E-state index in [2.05, 4.69) is 18.3 Å². The lowest BCUT2D eigenvalue weighted by Crippen LogP contribution is -2.16. The van der Waals surface area contributed by atoms with Gasteiger partial charge in [0.2, 0.25) is 0 Å². The maximum Gasteiger partial charge on any atom is 0.160 e. The standard InChI is InChI=1S/C20H23N3O2/c1-13-3-5-15-11-16(12-21)20(23-17(15)9-13)22-8-7-14-4-6-18(24)19(10-14)25-2/h4,6,10-11,13,24H,3,5,7-9H2,1-2H3,(H,22,23). The van der Waals surface area contributed by atoms with E-state index in [1.807, 2.05) is 18.2 Å². The van der Waals surface area contributed by atoms with Crippen molar-refractivity contribution in [2.24, 2.45) is 5.92 Å². The molecular formula is C20H23N3O2. The third kappa shape index (κ3) is 3.85. The van der Waals surface area contributed by atoms with Crippen LogP contribution < -0.4 is 10.1 Å². The molecule has 1 aromatic heterocycles. The zero-order chi connectivity index (χ0) is 17.8. The van der Waals surface area contributed by atoms with Crippen LogP contribution in [0.1, 0.15) is 35.7 Å². The number of hydrogen-bond donors (Lipinski definition) is 2. The van der Waals surface area contributed by atoms with Gasteiger partial charge in [-0.05, 0) is 60.9 Å². The molecular weight excluding hydrogens is 314 g/mol. The Hall–Kier alpha value is -2.74. The van der Waals surface area contributed by atoms with Gasteiger partial charge in [-0.25, -0.2) is 4.98 Å². The number of ether oxygens (including phenoxy) is 1. The number of phenols is 1. The SMILES string of the molecule is COc1cc(CCNc2nc3c(cc2C#N)CCC(C)C3)ccc1O. The number of methoxy groups -OCH3 is 1. The Labute approximate surface area is 148 Å². The fraction of sp³-hybridized carbons (Fsp3) is 0.400. The van der Waals surface area contributed by atoms with Gasteiger partial charge < -0.3 is 15.2 Å². The molecule has 2 N–H and O–H groups in total. The summed E-state index contributed by atoms with van der Waals surface area (Å²) in [5.74, 6) is 1.92. The number of aryl methyl sites for hydroxylation is 1. The highest BCUT2D eigenvalue weighted by atomic mass is 16.5. The third-order valence-corrected chi connectivity index (χ3v) is 4.71. The van der Waals surface area contributed by atoms with E-state index in [0.29, 0.717) is 29.6 Å². The summed E-state index contributed by atoms with van der Waals surface area (Å²) in [6.07, 6.45) is 3.89. The summed E-state index contributed by atoms with van der Waals surface area (Å²) in [6, 6.07) is 9.56. The Morgan fingerprint density at radius 1 is 1.40 bits per heavy atom. The molecule has 1 aliphatic carbocycles. The quantitative estimate of drug-likeness (QED) is 0.874. The van der Waals surface area contributed by atoms with Crippen LogP contribution in [0.15, 0.2) is 24.3 Å². The van der Waals surface area contributed by atoms with Crippen LogP contribution in [0.25, 0.3) is 0 Å². The van der Waals surface area contributed by atoms with Crippen molar-refractivity contribution in [1.82, 2.24) is 4.98 Å². The van der Waals surface area contributed by atoms with Gasteiger partial charge in [-0.1, -0.05) is 13.0 Å². The molecule has 3 rings (SSSR count). The van der Waals surface area contributed by atoms with Gasteiger partial charge in [0.05, 0.1) is 12.7 Å². The maximum absolute atomic E-state index is 9.65. The molecule has 1 heterocycles. The van der Waals surface area contributed by atoms with Crippen molar-refractivity contribution < 1.29 is 9.84 Å². The Morgan fingerprint density at radius 3 is 3.00 bits per heavy atom. The number of phenolic OH excluding ortho intramolecular Hbond substituents is 1. The zero-order valence-corrected chi connectivity index (χ0v) is 14.7. The Bertz CT molecular complexity index is 811. The molecule has 2 aromatic rings. The number of nitrogens with one attached hydrogen (secondary N) is 1.